The number of amides is 4. The maximum Gasteiger partial charge on any atom is 0.327 e. The molecule has 2 aromatic rings. The molecule has 2 aliphatic heterocycles. The first-order valence-corrected chi connectivity index (χ1v) is 9.73. The number of piperidine rings is 1. The molecule has 0 radical (unpaired) electrons. The number of anilines is 1. The zero-order chi connectivity index (χ0) is 20.2. The first kappa shape index (κ1) is 19.1. The van der Waals surface area contributed by atoms with Crippen LogP contribution in [0.1, 0.15) is 18.5 Å². The van der Waals surface area contributed by atoms with Gasteiger partial charge in [-0.2, -0.15) is 0 Å². The average molecular weight is 393 g/mol. The van der Waals surface area contributed by atoms with Gasteiger partial charge in [0.15, 0.2) is 0 Å². The van der Waals surface area contributed by atoms with Gasteiger partial charge in [0.05, 0.1) is 18.3 Å². The third-order valence-corrected chi connectivity index (χ3v) is 5.25. The number of nitrogens with zero attached hydrogens (tertiary/aromatic N) is 3. The average Bonchev–Trinajstić information content (AvgIpc) is 2.75. The molecule has 2 aliphatic rings. The summed E-state index contributed by atoms with van der Waals surface area (Å²) in [6.45, 7) is 0.686. The highest BCUT2D eigenvalue weighted by Gasteiger charge is 2.47. The van der Waals surface area contributed by atoms with Crippen LogP contribution in [0.4, 0.5) is 10.5 Å². The van der Waals surface area contributed by atoms with E-state index in [0.717, 1.165) is 6.42 Å². The van der Waals surface area contributed by atoms with E-state index in [1.54, 1.807) is 30.5 Å². The fourth-order valence-electron chi connectivity index (χ4n) is 3.88. The Labute approximate surface area is 168 Å². The van der Waals surface area contributed by atoms with E-state index in [2.05, 4.69) is 15.6 Å². The number of pyridine rings is 1. The highest BCUT2D eigenvalue weighted by atomic mass is 16.2. The van der Waals surface area contributed by atoms with Crippen molar-refractivity contribution in [1.29, 1.82) is 0 Å². The molecule has 0 bridgehead atoms. The lowest BCUT2D eigenvalue weighted by atomic mass is 9.93. The van der Waals surface area contributed by atoms with Crippen LogP contribution in [0.25, 0.3) is 0 Å². The lowest BCUT2D eigenvalue weighted by Crippen LogP contribution is -2.70. The zero-order valence-electron chi connectivity index (χ0n) is 16.0. The van der Waals surface area contributed by atoms with Crippen LogP contribution in [0.5, 0.6) is 0 Å². The second-order valence-electron chi connectivity index (χ2n) is 7.21. The summed E-state index contributed by atoms with van der Waals surface area (Å²) in [4.78, 5) is 45.7. The topological polar surface area (TPSA) is 94.6 Å². The molecule has 2 atom stereocenters. The molecular weight excluding hydrogens is 370 g/mol. The highest BCUT2D eigenvalue weighted by Crippen LogP contribution is 2.25. The van der Waals surface area contributed by atoms with E-state index < -0.39 is 12.1 Å². The van der Waals surface area contributed by atoms with Gasteiger partial charge in [-0.05, 0) is 43.7 Å². The summed E-state index contributed by atoms with van der Waals surface area (Å²) in [5.41, 5.74) is 1.29. The molecule has 2 saturated heterocycles. The van der Waals surface area contributed by atoms with Crippen molar-refractivity contribution in [3.05, 3.63) is 60.4 Å². The van der Waals surface area contributed by atoms with Crippen molar-refractivity contribution in [2.75, 3.05) is 18.4 Å². The molecule has 1 aromatic carbocycles. The van der Waals surface area contributed by atoms with Gasteiger partial charge in [-0.15, -0.1) is 0 Å². The molecule has 8 heteroatoms. The molecule has 0 aliphatic carbocycles. The number of carbonyl (C=O) groups is 3. The number of hydrogen-bond acceptors (Lipinski definition) is 5. The molecule has 0 spiro atoms. The van der Waals surface area contributed by atoms with Crippen LogP contribution < -0.4 is 10.6 Å². The monoisotopic (exact) mass is 393 g/mol. The number of benzene rings is 1. The van der Waals surface area contributed by atoms with Crippen molar-refractivity contribution in [3.8, 4) is 0 Å². The van der Waals surface area contributed by atoms with Crippen molar-refractivity contribution in [1.82, 2.24) is 20.1 Å². The van der Waals surface area contributed by atoms with E-state index in [-0.39, 0.29) is 30.9 Å². The SMILES string of the molecule is O=C(CN1C(=O)N(Cc2ccccn2)C(=O)C2NCCCC21)Nc1ccccc1. The van der Waals surface area contributed by atoms with E-state index in [4.69, 9.17) is 0 Å². The van der Waals surface area contributed by atoms with Gasteiger partial charge in [0.1, 0.15) is 12.6 Å². The van der Waals surface area contributed by atoms with Gasteiger partial charge in [0.25, 0.3) is 0 Å². The van der Waals surface area contributed by atoms with E-state index in [1.165, 1.54) is 9.80 Å². The zero-order valence-corrected chi connectivity index (χ0v) is 16.0. The molecule has 29 heavy (non-hydrogen) atoms. The van der Waals surface area contributed by atoms with Crippen molar-refractivity contribution in [2.45, 2.75) is 31.5 Å². The summed E-state index contributed by atoms with van der Waals surface area (Å²) in [7, 11) is 0. The third kappa shape index (κ3) is 4.12. The fraction of sp³-hybridized carbons (Fsp3) is 0.333. The predicted octanol–water partition coefficient (Wildman–Crippen LogP) is 1.61. The second kappa shape index (κ2) is 8.40. The minimum atomic E-state index is -0.505. The number of carbonyl (C=O) groups excluding carboxylic acids is 3. The van der Waals surface area contributed by atoms with Crippen molar-refractivity contribution >= 4 is 23.5 Å². The smallest absolute Gasteiger partial charge is 0.325 e. The summed E-state index contributed by atoms with van der Waals surface area (Å²) in [6, 6.07) is 13.2. The Morgan fingerprint density at radius 1 is 1.14 bits per heavy atom. The number of rotatable bonds is 5. The number of nitrogens with one attached hydrogen (secondary N) is 2. The maximum atomic E-state index is 13.2. The molecular formula is C21H23N5O3. The van der Waals surface area contributed by atoms with E-state index in [0.29, 0.717) is 24.3 Å². The Morgan fingerprint density at radius 2 is 1.93 bits per heavy atom. The summed E-state index contributed by atoms with van der Waals surface area (Å²) >= 11 is 0. The molecule has 150 valence electrons. The molecule has 0 saturated carbocycles. The van der Waals surface area contributed by atoms with Gasteiger partial charge >= 0.3 is 6.03 Å². The molecule has 4 rings (SSSR count). The van der Waals surface area contributed by atoms with Gasteiger partial charge in [-0.3, -0.25) is 19.5 Å². The van der Waals surface area contributed by atoms with Gasteiger partial charge in [0.2, 0.25) is 11.8 Å². The number of fused-ring (bicyclic) bond motifs is 1. The minimum absolute atomic E-state index is 0.0835. The van der Waals surface area contributed by atoms with E-state index in [1.807, 2.05) is 24.3 Å². The van der Waals surface area contributed by atoms with Gasteiger partial charge < -0.3 is 15.5 Å². The van der Waals surface area contributed by atoms with Crippen molar-refractivity contribution in [2.24, 2.45) is 0 Å². The Hall–Kier alpha value is -3.26. The molecule has 2 unspecified atom stereocenters. The Morgan fingerprint density at radius 3 is 2.69 bits per heavy atom. The third-order valence-electron chi connectivity index (χ3n) is 5.25. The molecule has 8 nitrogen and oxygen atoms in total. The summed E-state index contributed by atoms with van der Waals surface area (Å²) in [5, 5.41) is 6.03. The maximum absolute atomic E-state index is 13.2. The molecule has 4 amide bonds. The normalized spacial score (nSPS) is 21.7. The Bertz CT molecular complexity index is 890. The quantitative estimate of drug-likeness (QED) is 0.805. The molecule has 1 aromatic heterocycles. The Balaban J connectivity index is 1.54. The van der Waals surface area contributed by atoms with Crippen LogP contribution in [0.3, 0.4) is 0 Å². The molecule has 2 N–H and O–H groups in total. The number of para-hydroxylation sites is 1. The number of urea groups is 1. The first-order valence-electron chi connectivity index (χ1n) is 9.73. The van der Waals surface area contributed by atoms with Crippen LogP contribution in [0.15, 0.2) is 54.7 Å². The standard InChI is InChI=1S/C21H23N5O3/c27-18(24-15-7-2-1-3-8-15)14-25-17-10-6-12-23-19(17)20(28)26(21(25)29)13-16-9-4-5-11-22-16/h1-5,7-9,11,17,19,23H,6,10,12-14H2,(H,24,27). The van der Waals surface area contributed by atoms with Gasteiger partial charge in [-0.1, -0.05) is 24.3 Å². The second-order valence-corrected chi connectivity index (χ2v) is 7.21. The number of hydrogen-bond donors (Lipinski definition) is 2. The lowest BCUT2D eigenvalue weighted by molar-refractivity contribution is -0.138. The highest BCUT2D eigenvalue weighted by molar-refractivity contribution is 6.02. The first-order chi connectivity index (χ1) is 14.1. The van der Waals surface area contributed by atoms with Crippen LogP contribution in [-0.4, -0.2) is 57.8 Å². The molecule has 2 fully saturated rings. The summed E-state index contributed by atoms with van der Waals surface area (Å²) in [6.07, 6.45) is 3.16. The minimum Gasteiger partial charge on any atom is -0.325 e. The number of aromatic nitrogens is 1. The summed E-state index contributed by atoms with van der Waals surface area (Å²) < 4.78 is 0. The number of imide groups is 1. The van der Waals surface area contributed by atoms with Gasteiger partial charge in [0, 0.05) is 11.9 Å². The largest absolute Gasteiger partial charge is 0.327 e. The van der Waals surface area contributed by atoms with Crippen LogP contribution in [0, 0.1) is 0 Å². The van der Waals surface area contributed by atoms with Crippen molar-refractivity contribution in [3.63, 3.8) is 0 Å². The van der Waals surface area contributed by atoms with E-state index in [9.17, 15) is 14.4 Å². The summed E-state index contributed by atoms with van der Waals surface area (Å²) in [5.74, 6) is -0.550. The van der Waals surface area contributed by atoms with Crippen LogP contribution in [-0.2, 0) is 16.1 Å². The predicted molar refractivity (Wildman–Crippen MR) is 107 cm³/mol. The Kier molecular flexibility index (Phi) is 5.53. The van der Waals surface area contributed by atoms with Gasteiger partial charge in [-0.25, -0.2) is 4.79 Å². The van der Waals surface area contributed by atoms with E-state index >= 15 is 0 Å². The van der Waals surface area contributed by atoms with Crippen molar-refractivity contribution < 1.29 is 14.4 Å². The lowest BCUT2D eigenvalue weighted by Gasteiger charge is -2.46. The van der Waals surface area contributed by atoms with Crippen LogP contribution in [0.2, 0.25) is 0 Å². The fourth-order valence-corrected chi connectivity index (χ4v) is 3.88. The molecule has 3 heterocycles. The van der Waals surface area contributed by atoms with Crippen LogP contribution >= 0.6 is 0 Å².